The van der Waals surface area contributed by atoms with Crippen LogP contribution >= 0.6 is 11.6 Å². The second-order valence-corrected chi connectivity index (χ2v) is 5.22. The second kappa shape index (κ2) is 4.23. The average Bonchev–Trinajstić information content (AvgIpc) is 2.97. The van der Waals surface area contributed by atoms with Gasteiger partial charge < -0.3 is 9.47 Å². The molecular weight excluding hydrogens is 242 g/mol. The lowest BCUT2D eigenvalue weighted by atomic mass is 10.0. The van der Waals surface area contributed by atoms with Crippen molar-refractivity contribution in [2.45, 2.75) is 37.3 Å². The molecule has 0 amide bonds. The molecule has 1 unspecified atom stereocenters. The molecule has 2 aliphatic rings. The maximum Gasteiger partial charge on any atom is 0.225 e. The Hall–Kier alpha value is -0.650. The SMILES string of the molecule is COC1(Cn2c(Cl)nnc2C2CC2)CCOC1. The fourth-order valence-corrected chi connectivity index (χ4v) is 2.50. The summed E-state index contributed by atoms with van der Waals surface area (Å²) in [7, 11) is 1.73. The van der Waals surface area contributed by atoms with Crippen LogP contribution in [-0.4, -0.2) is 40.7 Å². The number of hydrogen-bond donors (Lipinski definition) is 0. The van der Waals surface area contributed by atoms with Crippen LogP contribution in [0.2, 0.25) is 5.28 Å². The molecule has 1 saturated carbocycles. The molecule has 1 saturated heterocycles. The second-order valence-electron chi connectivity index (χ2n) is 4.88. The number of nitrogens with zero attached hydrogens (tertiary/aromatic N) is 3. The lowest BCUT2D eigenvalue weighted by molar-refractivity contribution is -0.0300. The van der Waals surface area contributed by atoms with Crippen molar-refractivity contribution in [2.75, 3.05) is 20.3 Å². The molecule has 0 N–H and O–H groups in total. The van der Waals surface area contributed by atoms with Crippen molar-refractivity contribution >= 4 is 11.6 Å². The van der Waals surface area contributed by atoms with Gasteiger partial charge >= 0.3 is 0 Å². The van der Waals surface area contributed by atoms with Crippen molar-refractivity contribution < 1.29 is 9.47 Å². The number of halogens is 1. The molecule has 0 bridgehead atoms. The molecule has 5 nitrogen and oxygen atoms in total. The molecule has 1 aliphatic heterocycles. The molecule has 2 fully saturated rings. The highest BCUT2D eigenvalue weighted by Gasteiger charge is 2.38. The van der Waals surface area contributed by atoms with Gasteiger partial charge in [-0.1, -0.05) is 0 Å². The Kier molecular flexibility index (Phi) is 2.84. The minimum atomic E-state index is -0.268. The van der Waals surface area contributed by atoms with Gasteiger partial charge in [0.1, 0.15) is 11.4 Å². The zero-order valence-corrected chi connectivity index (χ0v) is 10.6. The van der Waals surface area contributed by atoms with E-state index in [-0.39, 0.29) is 5.60 Å². The van der Waals surface area contributed by atoms with Crippen molar-refractivity contribution in [1.82, 2.24) is 14.8 Å². The zero-order valence-electron chi connectivity index (χ0n) is 9.86. The number of ether oxygens (including phenoxy) is 2. The van der Waals surface area contributed by atoms with E-state index in [1.54, 1.807) is 7.11 Å². The lowest BCUT2D eigenvalue weighted by Gasteiger charge is -2.26. The van der Waals surface area contributed by atoms with E-state index in [1.165, 1.54) is 12.8 Å². The van der Waals surface area contributed by atoms with Crippen LogP contribution in [0.5, 0.6) is 0 Å². The normalized spacial score (nSPS) is 28.8. The van der Waals surface area contributed by atoms with Crippen molar-refractivity contribution in [3.8, 4) is 0 Å². The molecule has 1 aromatic heterocycles. The summed E-state index contributed by atoms with van der Waals surface area (Å²) in [6.45, 7) is 2.04. The van der Waals surface area contributed by atoms with Gasteiger partial charge in [0.25, 0.3) is 0 Å². The minimum absolute atomic E-state index is 0.268. The molecule has 6 heteroatoms. The predicted molar refractivity (Wildman–Crippen MR) is 62.2 cm³/mol. The predicted octanol–water partition coefficient (Wildman–Crippen LogP) is 1.61. The van der Waals surface area contributed by atoms with Crippen LogP contribution < -0.4 is 0 Å². The first-order chi connectivity index (χ1) is 8.24. The van der Waals surface area contributed by atoms with Gasteiger partial charge in [0.15, 0.2) is 0 Å². The molecule has 0 radical (unpaired) electrons. The Balaban J connectivity index is 1.85. The third-order valence-corrected chi connectivity index (χ3v) is 3.90. The van der Waals surface area contributed by atoms with E-state index in [4.69, 9.17) is 21.1 Å². The number of rotatable bonds is 4. The van der Waals surface area contributed by atoms with Crippen LogP contribution in [0.4, 0.5) is 0 Å². The average molecular weight is 258 g/mol. The highest BCUT2D eigenvalue weighted by molar-refractivity contribution is 6.28. The van der Waals surface area contributed by atoms with Gasteiger partial charge in [0, 0.05) is 26.1 Å². The summed E-state index contributed by atoms with van der Waals surface area (Å²) in [5.41, 5.74) is -0.268. The van der Waals surface area contributed by atoms with Crippen molar-refractivity contribution in [2.24, 2.45) is 0 Å². The van der Waals surface area contributed by atoms with E-state index in [0.29, 0.717) is 24.4 Å². The number of aromatic nitrogens is 3. The maximum absolute atomic E-state index is 6.11. The molecular formula is C11H16ClN3O2. The third kappa shape index (κ3) is 2.07. The standard InChI is InChI=1S/C11H16ClN3O2/c1-16-11(4-5-17-7-11)6-15-9(8-2-3-8)13-14-10(15)12/h8H,2-7H2,1H3. The van der Waals surface area contributed by atoms with Crippen LogP contribution in [0, 0.1) is 0 Å². The van der Waals surface area contributed by atoms with Crippen LogP contribution in [0.15, 0.2) is 0 Å². The molecule has 17 heavy (non-hydrogen) atoms. The molecule has 0 spiro atoms. The van der Waals surface area contributed by atoms with Gasteiger partial charge in [-0.25, -0.2) is 0 Å². The minimum Gasteiger partial charge on any atom is -0.378 e. The first kappa shape index (κ1) is 11.4. The van der Waals surface area contributed by atoms with E-state index in [1.807, 2.05) is 4.57 Å². The van der Waals surface area contributed by atoms with Crippen LogP contribution in [0.1, 0.15) is 31.0 Å². The van der Waals surface area contributed by atoms with E-state index < -0.39 is 0 Å². The monoisotopic (exact) mass is 257 g/mol. The Labute approximate surface area is 105 Å². The van der Waals surface area contributed by atoms with Crippen LogP contribution in [0.25, 0.3) is 0 Å². The first-order valence-corrected chi connectivity index (χ1v) is 6.33. The van der Waals surface area contributed by atoms with Crippen molar-refractivity contribution in [1.29, 1.82) is 0 Å². The van der Waals surface area contributed by atoms with Gasteiger partial charge in [0.2, 0.25) is 5.28 Å². The smallest absolute Gasteiger partial charge is 0.225 e. The van der Waals surface area contributed by atoms with Crippen molar-refractivity contribution in [3.05, 3.63) is 11.1 Å². The topological polar surface area (TPSA) is 49.2 Å². The first-order valence-electron chi connectivity index (χ1n) is 5.96. The van der Waals surface area contributed by atoms with E-state index in [0.717, 1.165) is 18.9 Å². The third-order valence-electron chi connectivity index (χ3n) is 3.62. The summed E-state index contributed by atoms with van der Waals surface area (Å²) >= 11 is 6.11. The Morgan fingerprint density at radius 1 is 1.53 bits per heavy atom. The number of hydrogen-bond acceptors (Lipinski definition) is 4. The summed E-state index contributed by atoms with van der Waals surface area (Å²) in [6.07, 6.45) is 3.26. The molecule has 2 heterocycles. The summed E-state index contributed by atoms with van der Waals surface area (Å²) < 4.78 is 13.0. The highest BCUT2D eigenvalue weighted by Crippen LogP contribution is 2.40. The largest absolute Gasteiger partial charge is 0.378 e. The number of methoxy groups -OCH3 is 1. The Morgan fingerprint density at radius 3 is 2.94 bits per heavy atom. The fourth-order valence-electron chi connectivity index (χ4n) is 2.31. The van der Waals surface area contributed by atoms with Gasteiger partial charge in [-0.2, -0.15) is 0 Å². The van der Waals surface area contributed by atoms with Gasteiger partial charge in [-0.15, -0.1) is 10.2 Å². The van der Waals surface area contributed by atoms with Crippen molar-refractivity contribution in [3.63, 3.8) is 0 Å². The van der Waals surface area contributed by atoms with Gasteiger partial charge in [-0.05, 0) is 24.4 Å². The van der Waals surface area contributed by atoms with E-state index in [9.17, 15) is 0 Å². The maximum atomic E-state index is 6.11. The molecule has 0 aromatic carbocycles. The highest BCUT2D eigenvalue weighted by atomic mass is 35.5. The summed E-state index contributed by atoms with van der Waals surface area (Å²) in [5.74, 6) is 1.53. The molecule has 94 valence electrons. The summed E-state index contributed by atoms with van der Waals surface area (Å²) in [6, 6.07) is 0. The molecule has 1 atom stereocenters. The van der Waals surface area contributed by atoms with Gasteiger partial charge in [-0.3, -0.25) is 4.57 Å². The molecule has 1 aliphatic carbocycles. The van der Waals surface area contributed by atoms with Crippen LogP contribution in [-0.2, 0) is 16.0 Å². The zero-order chi connectivity index (χ0) is 11.9. The molecule has 1 aromatic rings. The van der Waals surface area contributed by atoms with E-state index >= 15 is 0 Å². The van der Waals surface area contributed by atoms with Gasteiger partial charge in [0.05, 0.1) is 13.2 Å². The Morgan fingerprint density at radius 2 is 2.35 bits per heavy atom. The van der Waals surface area contributed by atoms with Crippen LogP contribution in [0.3, 0.4) is 0 Å². The summed E-state index contributed by atoms with van der Waals surface area (Å²) in [5, 5.41) is 8.59. The van der Waals surface area contributed by atoms with E-state index in [2.05, 4.69) is 10.2 Å². The Bertz CT molecular complexity index is 411. The molecule has 3 rings (SSSR count). The lowest BCUT2D eigenvalue weighted by Crippen LogP contribution is -2.37. The fraction of sp³-hybridized carbons (Fsp3) is 0.818. The quantitative estimate of drug-likeness (QED) is 0.822. The summed E-state index contributed by atoms with van der Waals surface area (Å²) in [4.78, 5) is 0.